The molecule has 0 aliphatic rings. The second-order valence-corrected chi connectivity index (χ2v) is 6.42. The molecule has 1 N–H and O–H groups in total. The molecule has 0 saturated carbocycles. The average Bonchev–Trinajstić information content (AvgIpc) is 2.27. The second-order valence-electron chi connectivity index (χ2n) is 4.96. The number of nitrogens with zero attached hydrogens (tertiary/aromatic N) is 1. The number of thioether (sulfide) groups is 1. The Labute approximate surface area is 116 Å². The van der Waals surface area contributed by atoms with E-state index in [0.29, 0.717) is 5.25 Å². The van der Waals surface area contributed by atoms with Crippen molar-refractivity contribution >= 4 is 11.8 Å². The molecular formula is C15H26N2S. The van der Waals surface area contributed by atoms with Crippen molar-refractivity contribution in [3.63, 3.8) is 0 Å². The minimum atomic E-state index is 0.570. The fraction of sp³-hybridized carbons (Fsp3) is 0.667. The van der Waals surface area contributed by atoms with E-state index in [2.05, 4.69) is 50.1 Å². The van der Waals surface area contributed by atoms with E-state index in [1.54, 1.807) is 0 Å². The number of pyridine rings is 1. The maximum Gasteiger partial charge on any atom is 0.0968 e. The third-order valence-electron chi connectivity index (χ3n) is 2.79. The predicted octanol–water partition coefficient (Wildman–Crippen LogP) is 3.96. The molecule has 0 spiro atoms. The van der Waals surface area contributed by atoms with Gasteiger partial charge in [0, 0.05) is 17.5 Å². The average molecular weight is 266 g/mol. The van der Waals surface area contributed by atoms with E-state index in [1.807, 2.05) is 11.8 Å². The zero-order valence-electron chi connectivity index (χ0n) is 12.1. The number of hydrogen-bond donors (Lipinski definition) is 1. The second kappa shape index (κ2) is 8.54. The van der Waals surface area contributed by atoms with Gasteiger partial charge in [-0.15, -0.1) is 11.8 Å². The first kappa shape index (κ1) is 15.5. The molecule has 3 heteroatoms. The third kappa shape index (κ3) is 6.41. The topological polar surface area (TPSA) is 24.9 Å². The molecule has 1 aromatic heterocycles. The van der Waals surface area contributed by atoms with E-state index in [9.17, 15) is 0 Å². The summed E-state index contributed by atoms with van der Waals surface area (Å²) in [6.45, 7) is 10.9. The molecule has 1 atom stereocenters. The van der Waals surface area contributed by atoms with Crippen LogP contribution in [0.25, 0.3) is 0 Å². The Bertz CT molecular complexity index is 332. The van der Waals surface area contributed by atoms with Gasteiger partial charge in [-0.05, 0) is 44.5 Å². The van der Waals surface area contributed by atoms with E-state index in [0.717, 1.165) is 23.8 Å². The molecule has 102 valence electrons. The van der Waals surface area contributed by atoms with Gasteiger partial charge in [-0.3, -0.25) is 0 Å². The van der Waals surface area contributed by atoms with Crippen LogP contribution in [0.1, 0.15) is 44.4 Å². The van der Waals surface area contributed by atoms with E-state index in [1.165, 1.54) is 24.8 Å². The van der Waals surface area contributed by atoms with Crippen LogP contribution in [0.15, 0.2) is 17.2 Å². The lowest BCUT2D eigenvalue weighted by molar-refractivity contribution is 0.615. The number of hydrogen-bond acceptors (Lipinski definition) is 3. The highest BCUT2D eigenvalue weighted by Gasteiger charge is 2.06. The summed E-state index contributed by atoms with van der Waals surface area (Å²) in [5, 5.41) is 5.24. The summed E-state index contributed by atoms with van der Waals surface area (Å²) >= 11 is 1.86. The van der Waals surface area contributed by atoms with Gasteiger partial charge < -0.3 is 5.32 Å². The number of aryl methyl sites for hydroxylation is 2. The molecule has 0 fully saturated rings. The van der Waals surface area contributed by atoms with Crippen LogP contribution >= 0.6 is 11.8 Å². The molecule has 1 heterocycles. The predicted molar refractivity (Wildman–Crippen MR) is 81.4 cm³/mol. The van der Waals surface area contributed by atoms with Gasteiger partial charge in [-0.25, -0.2) is 4.98 Å². The Morgan fingerprint density at radius 1 is 1.28 bits per heavy atom. The highest BCUT2D eigenvalue weighted by atomic mass is 32.2. The van der Waals surface area contributed by atoms with Crippen LogP contribution < -0.4 is 5.32 Å². The normalized spacial score (nSPS) is 12.7. The molecule has 0 saturated heterocycles. The fourth-order valence-electron chi connectivity index (χ4n) is 1.92. The minimum absolute atomic E-state index is 0.570. The smallest absolute Gasteiger partial charge is 0.0968 e. The van der Waals surface area contributed by atoms with Gasteiger partial charge in [0.1, 0.15) is 0 Å². The molecule has 0 aliphatic carbocycles. The number of unbranched alkanes of at least 4 members (excludes halogenated alkanes) is 2. The molecule has 1 aromatic rings. The molecule has 0 bridgehead atoms. The molecule has 2 nitrogen and oxygen atoms in total. The van der Waals surface area contributed by atoms with Crippen molar-refractivity contribution in [3.05, 3.63) is 23.4 Å². The summed E-state index contributed by atoms with van der Waals surface area (Å²) in [7, 11) is 0. The Hall–Kier alpha value is -0.540. The maximum atomic E-state index is 4.57. The monoisotopic (exact) mass is 266 g/mol. The molecule has 18 heavy (non-hydrogen) atoms. The lowest BCUT2D eigenvalue weighted by Gasteiger charge is -2.12. The van der Waals surface area contributed by atoms with Crippen molar-refractivity contribution in [2.24, 2.45) is 0 Å². The number of nitrogens with one attached hydrogen (secondary N) is 1. The summed E-state index contributed by atoms with van der Waals surface area (Å²) in [4.78, 5) is 4.57. The first-order chi connectivity index (χ1) is 8.61. The Morgan fingerprint density at radius 2 is 2.06 bits per heavy atom. The van der Waals surface area contributed by atoms with Crippen molar-refractivity contribution in [2.45, 2.75) is 57.2 Å². The summed E-state index contributed by atoms with van der Waals surface area (Å²) in [5.41, 5.74) is 2.41. The molecule has 1 rings (SSSR count). The molecular weight excluding hydrogens is 240 g/mol. The Balaban J connectivity index is 2.28. The number of rotatable bonds is 8. The molecule has 0 aliphatic heterocycles. The van der Waals surface area contributed by atoms with Gasteiger partial charge in [0.15, 0.2) is 0 Å². The van der Waals surface area contributed by atoms with Crippen molar-refractivity contribution in [3.8, 4) is 0 Å². The minimum Gasteiger partial charge on any atom is -0.316 e. The maximum absolute atomic E-state index is 4.57. The highest BCUT2D eigenvalue weighted by molar-refractivity contribution is 7.99. The largest absolute Gasteiger partial charge is 0.316 e. The van der Waals surface area contributed by atoms with E-state index in [-0.39, 0.29) is 0 Å². The van der Waals surface area contributed by atoms with Crippen LogP contribution in [0.4, 0.5) is 0 Å². The van der Waals surface area contributed by atoms with Crippen LogP contribution in [0.2, 0.25) is 0 Å². The van der Waals surface area contributed by atoms with Crippen molar-refractivity contribution < 1.29 is 0 Å². The Kier molecular flexibility index (Phi) is 7.36. The van der Waals surface area contributed by atoms with Crippen LogP contribution in [0.3, 0.4) is 0 Å². The van der Waals surface area contributed by atoms with E-state index < -0.39 is 0 Å². The highest BCUT2D eigenvalue weighted by Crippen LogP contribution is 2.22. The van der Waals surface area contributed by atoms with Crippen LogP contribution in [-0.4, -0.2) is 23.3 Å². The van der Waals surface area contributed by atoms with E-state index in [4.69, 9.17) is 0 Å². The van der Waals surface area contributed by atoms with Gasteiger partial charge in [-0.2, -0.15) is 0 Å². The number of aromatic nitrogens is 1. The summed E-state index contributed by atoms with van der Waals surface area (Å²) < 4.78 is 0. The lowest BCUT2D eigenvalue weighted by atomic mass is 10.2. The van der Waals surface area contributed by atoms with Gasteiger partial charge in [-0.1, -0.05) is 26.7 Å². The van der Waals surface area contributed by atoms with Crippen LogP contribution in [0, 0.1) is 13.8 Å². The zero-order valence-corrected chi connectivity index (χ0v) is 12.9. The van der Waals surface area contributed by atoms with Crippen molar-refractivity contribution in [1.82, 2.24) is 10.3 Å². The molecule has 1 unspecified atom stereocenters. The van der Waals surface area contributed by atoms with E-state index >= 15 is 0 Å². The quantitative estimate of drug-likeness (QED) is 0.569. The summed E-state index contributed by atoms with van der Waals surface area (Å²) in [5.74, 6) is 0. The Morgan fingerprint density at radius 3 is 2.72 bits per heavy atom. The van der Waals surface area contributed by atoms with Crippen molar-refractivity contribution in [1.29, 1.82) is 0 Å². The molecule has 0 amide bonds. The van der Waals surface area contributed by atoms with Gasteiger partial charge in [0.05, 0.1) is 5.03 Å². The first-order valence-corrected chi connectivity index (χ1v) is 7.82. The summed E-state index contributed by atoms with van der Waals surface area (Å²) in [6.07, 6.45) is 3.90. The van der Waals surface area contributed by atoms with Crippen LogP contribution in [0.5, 0.6) is 0 Å². The zero-order chi connectivity index (χ0) is 13.4. The molecule has 0 radical (unpaired) electrons. The molecule has 0 aromatic carbocycles. The van der Waals surface area contributed by atoms with Crippen LogP contribution in [-0.2, 0) is 0 Å². The van der Waals surface area contributed by atoms with Gasteiger partial charge in [0.25, 0.3) is 0 Å². The first-order valence-electron chi connectivity index (χ1n) is 6.94. The van der Waals surface area contributed by atoms with Gasteiger partial charge >= 0.3 is 0 Å². The van der Waals surface area contributed by atoms with Gasteiger partial charge in [0.2, 0.25) is 0 Å². The fourth-order valence-corrected chi connectivity index (χ4v) is 2.98. The summed E-state index contributed by atoms with van der Waals surface area (Å²) in [6, 6.07) is 4.29. The lowest BCUT2D eigenvalue weighted by Crippen LogP contribution is -2.23. The SMILES string of the molecule is CCCCCNCC(C)Sc1cc(C)cc(C)n1. The standard InChI is InChI=1S/C15H26N2S/c1-5-6-7-8-16-11-14(4)18-15-10-12(2)9-13(3)17-15/h9-10,14,16H,5-8,11H2,1-4H3. The van der Waals surface area contributed by atoms with Crippen molar-refractivity contribution in [2.75, 3.05) is 13.1 Å². The third-order valence-corrected chi connectivity index (χ3v) is 3.80.